The summed E-state index contributed by atoms with van der Waals surface area (Å²) in [6, 6.07) is 8.14. The van der Waals surface area contributed by atoms with E-state index in [1.807, 2.05) is 6.92 Å². The minimum atomic E-state index is -3.73. The number of hydrogen-bond donors (Lipinski definition) is 3. The van der Waals surface area contributed by atoms with Crippen molar-refractivity contribution in [2.45, 2.75) is 27.8 Å². The average Bonchev–Trinajstić information content (AvgIpc) is 3.02. The second kappa shape index (κ2) is 6.79. The van der Waals surface area contributed by atoms with Crippen LogP contribution in [0, 0.1) is 0 Å². The van der Waals surface area contributed by atoms with E-state index in [9.17, 15) is 18.0 Å². The van der Waals surface area contributed by atoms with Gasteiger partial charge in [0.25, 0.3) is 5.91 Å². The van der Waals surface area contributed by atoms with Gasteiger partial charge in [-0.25, -0.2) is 13.6 Å². The average molecular weight is 398 g/mol. The van der Waals surface area contributed by atoms with Crippen molar-refractivity contribution < 1.29 is 18.0 Å². The summed E-state index contributed by atoms with van der Waals surface area (Å²) in [5.74, 6) is -0.407. The summed E-state index contributed by atoms with van der Waals surface area (Å²) in [6.45, 7) is 2.01. The molecule has 0 radical (unpaired) electrons. The molecular weight excluding hydrogens is 382 g/mol. The normalized spacial score (nSPS) is 16.9. The zero-order chi connectivity index (χ0) is 18.2. The lowest BCUT2D eigenvalue weighted by atomic mass is 10.1. The molecule has 2 heterocycles. The molecule has 0 fully saturated rings. The van der Waals surface area contributed by atoms with Crippen molar-refractivity contribution in [1.29, 1.82) is 0 Å². The van der Waals surface area contributed by atoms with Crippen LogP contribution in [0.25, 0.3) is 0 Å². The highest BCUT2D eigenvalue weighted by atomic mass is 32.2. The van der Waals surface area contributed by atoms with Gasteiger partial charge in [-0.3, -0.25) is 9.59 Å². The quantitative estimate of drug-likeness (QED) is 0.726. The molecule has 0 saturated carbocycles. The summed E-state index contributed by atoms with van der Waals surface area (Å²) < 4.78 is 22.6. The van der Waals surface area contributed by atoms with Gasteiger partial charge in [-0.05, 0) is 37.3 Å². The second-order valence-corrected chi connectivity index (χ2v) is 9.75. The summed E-state index contributed by atoms with van der Waals surface area (Å²) in [7, 11) is -3.73. The third-order valence-corrected chi connectivity index (χ3v) is 7.21. The number of benzene rings is 1. The number of anilines is 1. The molecule has 0 aliphatic carbocycles. The number of nitrogens with two attached hydrogens (primary N) is 1. The first-order valence-corrected chi connectivity index (χ1v) is 10.5. The van der Waals surface area contributed by atoms with Crippen LogP contribution in [0.15, 0.2) is 39.4 Å². The number of rotatable bonds is 4. The number of carbonyl (C=O) groups excluding carboxylic acids is 2. The Balaban J connectivity index is 1.69. The Bertz CT molecular complexity index is 953. The second-order valence-electron chi connectivity index (χ2n) is 5.41. The summed E-state index contributed by atoms with van der Waals surface area (Å²) in [6.07, 6.45) is 0. The van der Waals surface area contributed by atoms with Crippen molar-refractivity contribution >= 4 is 50.6 Å². The van der Waals surface area contributed by atoms with Crippen LogP contribution in [0.3, 0.4) is 0 Å². The molecule has 1 aliphatic heterocycles. The van der Waals surface area contributed by atoms with Crippen LogP contribution in [-0.4, -0.2) is 25.5 Å². The Morgan fingerprint density at radius 1 is 1.32 bits per heavy atom. The topological polar surface area (TPSA) is 118 Å². The van der Waals surface area contributed by atoms with Gasteiger partial charge in [0.1, 0.15) is 4.21 Å². The summed E-state index contributed by atoms with van der Waals surface area (Å²) >= 11 is 2.46. The highest BCUT2D eigenvalue weighted by Gasteiger charge is 2.23. The number of hydrogen-bond acceptors (Lipinski definition) is 6. The molecule has 4 N–H and O–H groups in total. The van der Waals surface area contributed by atoms with Crippen LogP contribution in [-0.2, 0) is 21.4 Å². The van der Waals surface area contributed by atoms with Gasteiger partial charge >= 0.3 is 0 Å². The number of thiophene rings is 1. The Morgan fingerprint density at radius 2 is 2.08 bits per heavy atom. The monoisotopic (exact) mass is 397 g/mol. The third-order valence-electron chi connectivity index (χ3n) is 3.51. The highest BCUT2D eigenvalue weighted by Crippen LogP contribution is 2.35. The number of carbonyl (C=O) groups is 2. The number of fused-ring (bicyclic) bond motifs is 1. The van der Waals surface area contributed by atoms with Crippen molar-refractivity contribution in [1.82, 2.24) is 5.32 Å². The van der Waals surface area contributed by atoms with E-state index in [1.54, 1.807) is 24.3 Å². The standard InChI is InChI=1S/C15H15N3O4S3/c1-8-14(19)18-11-6-9(2-4-12(11)23-8)15(20)17-7-10-3-5-13(24-10)25(16,21)22/h2-6,8H,7H2,1H3,(H,17,20)(H,18,19)(H2,16,21,22)/t8-/m0/s1. The van der Waals surface area contributed by atoms with Gasteiger partial charge in [0.05, 0.1) is 17.5 Å². The maximum absolute atomic E-state index is 12.3. The van der Waals surface area contributed by atoms with E-state index in [1.165, 1.54) is 17.8 Å². The molecule has 1 aliphatic rings. The molecule has 7 nitrogen and oxygen atoms in total. The number of amides is 2. The van der Waals surface area contributed by atoms with Gasteiger partial charge in [0.15, 0.2) is 0 Å². The van der Waals surface area contributed by atoms with Crippen molar-refractivity contribution in [3.63, 3.8) is 0 Å². The molecule has 0 saturated heterocycles. The lowest BCUT2D eigenvalue weighted by Gasteiger charge is -2.21. The first-order chi connectivity index (χ1) is 11.7. The zero-order valence-electron chi connectivity index (χ0n) is 13.1. The lowest BCUT2D eigenvalue weighted by Crippen LogP contribution is -2.27. The molecule has 0 unspecified atom stereocenters. The predicted octanol–water partition coefficient (Wildman–Crippen LogP) is 1.76. The molecule has 0 bridgehead atoms. The largest absolute Gasteiger partial charge is 0.347 e. The first kappa shape index (κ1) is 17.9. The Kier molecular flexibility index (Phi) is 4.87. The molecule has 3 rings (SSSR count). The van der Waals surface area contributed by atoms with E-state index in [0.717, 1.165) is 16.2 Å². The van der Waals surface area contributed by atoms with Crippen molar-refractivity contribution in [2.75, 3.05) is 5.32 Å². The van der Waals surface area contributed by atoms with Crippen molar-refractivity contribution in [3.05, 3.63) is 40.8 Å². The molecule has 2 aromatic rings. The Labute approximate surface area is 153 Å². The van der Waals surface area contributed by atoms with Crippen LogP contribution in [0.2, 0.25) is 0 Å². The van der Waals surface area contributed by atoms with E-state index in [-0.39, 0.29) is 27.8 Å². The van der Waals surface area contributed by atoms with Crippen LogP contribution < -0.4 is 15.8 Å². The van der Waals surface area contributed by atoms with E-state index in [4.69, 9.17) is 5.14 Å². The predicted molar refractivity (Wildman–Crippen MR) is 97.3 cm³/mol. The van der Waals surface area contributed by atoms with Gasteiger partial charge in [-0.15, -0.1) is 23.1 Å². The van der Waals surface area contributed by atoms with E-state index in [2.05, 4.69) is 10.6 Å². The Morgan fingerprint density at radius 3 is 2.76 bits per heavy atom. The molecule has 2 amide bonds. The maximum atomic E-state index is 12.3. The van der Waals surface area contributed by atoms with Crippen molar-refractivity contribution in [2.24, 2.45) is 5.14 Å². The fraction of sp³-hybridized carbons (Fsp3) is 0.200. The van der Waals surface area contributed by atoms with Gasteiger partial charge < -0.3 is 10.6 Å². The first-order valence-electron chi connectivity index (χ1n) is 7.25. The van der Waals surface area contributed by atoms with Gasteiger partial charge in [0.2, 0.25) is 15.9 Å². The van der Waals surface area contributed by atoms with E-state index >= 15 is 0 Å². The third kappa shape index (κ3) is 4.03. The lowest BCUT2D eigenvalue weighted by molar-refractivity contribution is -0.115. The summed E-state index contributed by atoms with van der Waals surface area (Å²) in [5, 5.41) is 10.4. The van der Waals surface area contributed by atoms with Gasteiger partial charge in [-0.2, -0.15) is 0 Å². The molecule has 132 valence electrons. The molecule has 10 heteroatoms. The molecule has 1 aromatic heterocycles. The number of thioether (sulfide) groups is 1. The number of nitrogens with one attached hydrogen (secondary N) is 2. The van der Waals surface area contributed by atoms with Crippen LogP contribution in [0.5, 0.6) is 0 Å². The molecular formula is C15H15N3O4S3. The zero-order valence-corrected chi connectivity index (χ0v) is 15.6. The van der Waals surface area contributed by atoms with Crippen LogP contribution in [0.4, 0.5) is 5.69 Å². The highest BCUT2D eigenvalue weighted by molar-refractivity contribution is 8.01. The molecule has 0 spiro atoms. The maximum Gasteiger partial charge on any atom is 0.251 e. The molecule has 25 heavy (non-hydrogen) atoms. The van der Waals surface area contributed by atoms with Crippen LogP contribution >= 0.6 is 23.1 Å². The SMILES string of the molecule is C[C@@H]1Sc2ccc(C(=O)NCc3ccc(S(N)(=O)=O)s3)cc2NC1=O. The molecule has 1 atom stereocenters. The fourth-order valence-corrected chi connectivity index (χ4v) is 4.87. The summed E-state index contributed by atoms with van der Waals surface area (Å²) in [4.78, 5) is 25.6. The van der Waals surface area contributed by atoms with E-state index < -0.39 is 10.0 Å². The fourth-order valence-electron chi connectivity index (χ4n) is 2.23. The van der Waals surface area contributed by atoms with Gasteiger partial charge in [-0.1, -0.05) is 0 Å². The van der Waals surface area contributed by atoms with Gasteiger partial charge in [0, 0.05) is 15.3 Å². The minimum absolute atomic E-state index is 0.0550. The Hall–Kier alpha value is -1.88. The number of primary sulfonamides is 1. The minimum Gasteiger partial charge on any atom is -0.347 e. The van der Waals surface area contributed by atoms with Crippen molar-refractivity contribution in [3.8, 4) is 0 Å². The smallest absolute Gasteiger partial charge is 0.251 e. The van der Waals surface area contributed by atoms with Crippen LogP contribution in [0.1, 0.15) is 22.2 Å². The number of sulfonamides is 1. The van der Waals surface area contributed by atoms with E-state index in [0.29, 0.717) is 16.1 Å². The summed E-state index contributed by atoms with van der Waals surface area (Å²) in [5.41, 5.74) is 1.03. The molecule has 1 aromatic carbocycles.